The van der Waals surface area contributed by atoms with Gasteiger partial charge in [0.05, 0.1) is 0 Å². The van der Waals surface area contributed by atoms with E-state index in [1.807, 2.05) is 0 Å². The molecule has 140 valence electrons. The Labute approximate surface area is 157 Å². The third kappa shape index (κ3) is 3.90. The molecule has 5 nitrogen and oxygen atoms in total. The van der Waals surface area contributed by atoms with Crippen LogP contribution < -0.4 is 5.32 Å². The maximum atomic E-state index is 13.5. The molecule has 1 aromatic carbocycles. The van der Waals surface area contributed by atoms with Crippen molar-refractivity contribution in [3.05, 3.63) is 34.6 Å². The maximum Gasteiger partial charge on any atom is 0.254 e. The van der Waals surface area contributed by atoms with E-state index in [4.69, 9.17) is 11.6 Å². The molecular formula is C19H23ClFN3O2. The Balaban J connectivity index is 1.66. The lowest BCUT2D eigenvalue weighted by atomic mass is 9.87. The van der Waals surface area contributed by atoms with Gasteiger partial charge in [-0.05, 0) is 43.4 Å². The predicted molar refractivity (Wildman–Crippen MR) is 98.9 cm³/mol. The van der Waals surface area contributed by atoms with E-state index in [0.29, 0.717) is 31.8 Å². The number of nitrogens with zero attached hydrogens (tertiary/aromatic N) is 2. The fourth-order valence-corrected chi connectivity index (χ4v) is 3.63. The first-order chi connectivity index (χ1) is 12.3. The molecule has 26 heavy (non-hydrogen) atoms. The van der Waals surface area contributed by atoms with Gasteiger partial charge in [0.15, 0.2) is 0 Å². The second-order valence-electron chi connectivity index (χ2n) is 7.43. The van der Waals surface area contributed by atoms with Gasteiger partial charge in [-0.2, -0.15) is 0 Å². The van der Waals surface area contributed by atoms with E-state index in [-0.39, 0.29) is 22.4 Å². The number of hydrogen-bond donors (Lipinski definition) is 1. The molecule has 7 heteroatoms. The molecule has 0 atom stereocenters. The number of amidine groups is 1. The maximum absolute atomic E-state index is 13.5. The van der Waals surface area contributed by atoms with Crippen LogP contribution in [0, 0.1) is 11.7 Å². The molecule has 0 unspecified atom stereocenters. The monoisotopic (exact) mass is 379 g/mol. The van der Waals surface area contributed by atoms with Gasteiger partial charge in [0.25, 0.3) is 11.8 Å². The number of halogens is 2. The predicted octanol–water partition coefficient (Wildman–Crippen LogP) is 3.42. The molecule has 3 rings (SSSR count). The van der Waals surface area contributed by atoms with Gasteiger partial charge >= 0.3 is 0 Å². The lowest BCUT2D eigenvalue weighted by molar-refractivity contribution is -0.125. The van der Waals surface area contributed by atoms with Crippen molar-refractivity contribution in [3.63, 3.8) is 0 Å². The van der Waals surface area contributed by atoms with Gasteiger partial charge in [-0.15, -0.1) is 0 Å². The van der Waals surface area contributed by atoms with Crippen LogP contribution in [0.15, 0.2) is 23.2 Å². The fraction of sp³-hybridized carbons (Fsp3) is 0.526. The zero-order chi connectivity index (χ0) is 18.9. The van der Waals surface area contributed by atoms with Crippen LogP contribution in [0.2, 0.25) is 5.02 Å². The first-order valence-corrected chi connectivity index (χ1v) is 9.32. The van der Waals surface area contributed by atoms with Crippen molar-refractivity contribution in [3.8, 4) is 0 Å². The van der Waals surface area contributed by atoms with Crippen molar-refractivity contribution in [2.45, 2.75) is 45.1 Å². The molecular weight excluding hydrogens is 357 g/mol. The fourth-order valence-electron chi connectivity index (χ4n) is 3.41. The summed E-state index contributed by atoms with van der Waals surface area (Å²) in [6, 6.07) is 3.81. The van der Waals surface area contributed by atoms with Crippen molar-refractivity contribution in [2.75, 3.05) is 13.1 Å². The number of aliphatic imine (C=N–C) groups is 1. The van der Waals surface area contributed by atoms with Crippen molar-refractivity contribution in [2.24, 2.45) is 10.9 Å². The number of carbonyl (C=O) groups excluding carboxylic acids is 2. The molecule has 0 aliphatic carbocycles. The lowest BCUT2D eigenvalue weighted by Gasteiger charge is -2.35. The first kappa shape index (κ1) is 18.8. The van der Waals surface area contributed by atoms with E-state index in [9.17, 15) is 14.0 Å². The molecule has 2 heterocycles. The summed E-state index contributed by atoms with van der Waals surface area (Å²) in [5.41, 5.74) is -0.536. The number of amides is 2. The van der Waals surface area contributed by atoms with E-state index in [0.717, 1.165) is 18.7 Å². The molecule has 1 spiro atoms. The highest BCUT2D eigenvalue weighted by atomic mass is 35.5. The van der Waals surface area contributed by atoms with Gasteiger partial charge in [0.1, 0.15) is 17.2 Å². The van der Waals surface area contributed by atoms with Crippen molar-refractivity contribution < 1.29 is 14.0 Å². The van der Waals surface area contributed by atoms with Crippen LogP contribution in [0.3, 0.4) is 0 Å². The van der Waals surface area contributed by atoms with Crippen molar-refractivity contribution in [1.29, 1.82) is 0 Å². The summed E-state index contributed by atoms with van der Waals surface area (Å²) in [5, 5.41) is 3.09. The smallest absolute Gasteiger partial charge is 0.254 e. The highest BCUT2D eigenvalue weighted by molar-refractivity contribution is 6.31. The average molecular weight is 380 g/mol. The van der Waals surface area contributed by atoms with Crippen LogP contribution in [0.4, 0.5) is 4.39 Å². The molecule has 2 aliphatic heterocycles. The largest absolute Gasteiger partial charge is 0.338 e. The minimum atomic E-state index is -0.761. The Kier molecular flexibility index (Phi) is 5.32. The van der Waals surface area contributed by atoms with Gasteiger partial charge in [-0.25, -0.2) is 4.39 Å². The summed E-state index contributed by atoms with van der Waals surface area (Å²) in [6.45, 7) is 5.08. The molecule has 1 N–H and O–H groups in total. The van der Waals surface area contributed by atoms with Gasteiger partial charge in [0.2, 0.25) is 0 Å². The van der Waals surface area contributed by atoms with E-state index >= 15 is 0 Å². The lowest BCUT2D eigenvalue weighted by Crippen LogP contribution is -2.50. The van der Waals surface area contributed by atoms with Crippen molar-refractivity contribution in [1.82, 2.24) is 10.2 Å². The van der Waals surface area contributed by atoms with Crippen LogP contribution in [0.25, 0.3) is 0 Å². The molecule has 1 saturated heterocycles. The van der Waals surface area contributed by atoms with Gasteiger partial charge in [0, 0.05) is 30.1 Å². The van der Waals surface area contributed by atoms with Gasteiger partial charge < -0.3 is 10.2 Å². The van der Waals surface area contributed by atoms with Crippen LogP contribution >= 0.6 is 11.6 Å². The Bertz CT molecular complexity index is 735. The normalized spacial score (nSPS) is 19.0. The van der Waals surface area contributed by atoms with Crippen LogP contribution in [0.1, 0.15) is 49.9 Å². The SMILES string of the molecule is CC(C)CCC1=NC2(CCN(C(=O)c3cc(F)cc(Cl)c3)CC2)C(=O)N1. The Morgan fingerprint density at radius 2 is 2.04 bits per heavy atom. The highest BCUT2D eigenvalue weighted by Gasteiger charge is 2.46. The highest BCUT2D eigenvalue weighted by Crippen LogP contribution is 2.31. The Morgan fingerprint density at radius 1 is 1.35 bits per heavy atom. The number of piperidine rings is 1. The van der Waals surface area contributed by atoms with E-state index in [1.54, 1.807) is 4.90 Å². The summed E-state index contributed by atoms with van der Waals surface area (Å²) < 4.78 is 13.5. The standard InChI is InChI=1S/C19H23ClFN3O2/c1-12(2)3-4-16-22-18(26)19(23-16)5-7-24(8-6-19)17(25)13-9-14(20)11-15(21)10-13/h9-12H,3-8H2,1-2H3,(H,22,23,26). The first-order valence-electron chi connectivity index (χ1n) is 8.95. The summed E-state index contributed by atoms with van der Waals surface area (Å²) in [5.74, 6) is 0.411. The van der Waals surface area contributed by atoms with Crippen molar-refractivity contribution >= 4 is 29.3 Å². The zero-order valence-electron chi connectivity index (χ0n) is 15.0. The summed E-state index contributed by atoms with van der Waals surface area (Å²) in [6.07, 6.45) is 2.67. The third-order valence-corrected chi connectivity index (χ3v) is 5.19. The Hall–Kier alpha value is -1.95. The molecule has 0 saturated carbocycles. The number of rotatable bonds is 4. The zero-order valence-corrected chi connectivity index (χ0v) is 15.8. The van der Waals surface area contributed by atoms with E-state index in [1.165, 1.54) is 18.2 Å². The van der Waals surface area contributed by atoms with Crippen LogP contribution in [-0.4, -0.2) is 41.2 Å². The van der Waals surface area contributed by atoms with Gasteiger partial charge in [-0.3, -0.25) is 14.6 Å². The molecule has 0 aromatic heterocycles. The number of nitrogens with one attached hydrogen (secondary N) is 1. The van der Waals surface area contributed by atoms with Gasteiger partial charge in [-0.1, -0.05) is 25.4 Å². The number of likely N-dealkylation sites (tertiary alicyclic amines) is 1. The quantitative estimate of drug-likeness (QED) is 0.871. The number of carbonyl (C=O) groups is 2. The topological polar surface area (TPSA) is 61.8 Å². The number of hydrogen-bond acceptors (Lipinski definition) is 3. The van der Waals surface area contributed by atoms with E-state index in [2.05, 4.69) is 24.2 Å². The average Bonchev–Trinajstić information content (AvgIpc) is 2.88. The molecule has 2 amide bonds. The third-order valence-electron chi connectivity index (χ3n) is 4.98. The molecule has 0 bridgehead atoms. The molecule has 2 aliphatic rings. The van der Waals surface area contributed by atoms with Crippen LogP contribution in [0.5, 0.6) is 0 Å². The second-order valence-corrected chi connectivity index (χ2v) is 7.86. The summed E-state index contributed by atoms with van der Waals surface area (Å²) in [4.78, 5) is 31.3. The summed E-state index contributed by atoms with van der Waals surface area (Å²) in [7, 11) is 0. The van der Waals surface area contributed by atoms with E-state index < -0.39 is 11.4 Å². The number of benzene rings is 1. The minimum absolute atomic E-state index is 0.0721. The second kappa shape index (κ2) is 7.35. The summed E-state index contributed by atoms with van der Waals surface area (Å²) >= 11 is 5.84. The molecule has 1 fully saturated rings. The molecule has 1 aromatic rings. The minimum Gasteiger partial charge on any atom is -0.338 e. The molecule has 0 radical (unpaired) electrons. The van der Waals surface area contributed by atoms with Crippen LogP contribution in [-0.2, 0) is 4.79 Å². The Morgan fingerprint density at radius 3 is 2.65 bits per heavy atom.